The number of amides is 1. The summed E-state index contributed by atoms with van der Waals surface area (Å²) >= 11 is 0. The van der Waals surface area contributed by atoms with Gasteiger partial charge in [-0.15, -0.1) is 10.2 Å². The molecular weight excluding hydrogens is 386 g/mol. The number of carbonyl (C=O) groups excluding carboxylic acids is 1. The van der Waals surface area contributed by atoms with Gasteiger partial charge in [0.05, 0.1) is 0 Å². The molecule has 2 aromatic heterocycles. The van der Waals surface area contributed by atoms with Gasteiger partial charge in [0.15, 0.2) is 5.82 Å². The number of rotatable bonds is 3. The van der Waals surface area contributed by atoms with E-state index in [1.54, 1.807) is 0 Å². The zero-order chi connectivity index (χ0) is 21.5. The number of nitrogens with one attached hydrogen (secondary N) is 2. The van der Waals surface area contributed by atoms with Gasteiger partial charge < -0.3 is 14.9 Å². The molecule has 0 saturated heterocycles. The van der Waals surface area contributed by atoms with Gasteiger partial charge in [-0.3, -0.25) is 4.79 Å². The van der Waals surface area contributed by atoms with Gasteiger partial charge in [-0.2, -0.15) is 0 Å². The van der Waals surface area contributed by atoms with Gasteiger partial charge in [-0.1, -0.05) is 18.6 Å². The molecule has 0 spiro atoms. The molecule has 0 unspecified atom stereocenters. The summed E-state index contributed by atoms with van der Waals surface area (Å²) < 4.78 is 2.23. The van der Waals surface area contributed by atoms with Crippen LogP contribution in [-0.4, -0.2) is 25.7 Å². The molecule has 158 valence electrons. The first-order valence-corrected chi connectivity index (χ1v) is 10.9. The Balaban J connectivity index is 1.46. The molecule has 31 heavy (non-hydrogen) atoms. The van der Waals surface area contributed by atoms with Crippen molar-refractivity contribution in [1.29, 1.82) is 0 Å². The molecule has 1 amide bonds. The molecule has 0 saturated carbocycles. The van der Waals surface area contributed by atoms with Gasteiger partial charge in [0, 0.05) is 46.4 Å². The zero-order valence-electron chi connectivity index (χ0n) is 18.2. The van der Waals surface area contributed by atoms with Gasteiger partial charge >= 0.3 is 0 Å². The van der Waals surface area contributed by atoms with E-state index >= 15 is 0 Å². The topological polar surface area (TPSA) is 75.6 Å². The van der Waals surface area contributed by atoms with E-state index in [2.05, 4.69) is 45.0 Å². The summed E-state index contributed by atoms with van der Waals surface area (Å²) in [5.74, 6) is 1.83. The number of hydrogen-bond acceptors (Lipinski definition) is 3. The average molecular weight is 414 g/mol. The van der Waals surface area contributed by atoms with E-state index in [9.17, 15) is 4.79 Å². The Labute approximate surface area is 181 Å². The maximum absolute atomic E-state index is 13.0. The predicted molar refractivity (Wildman–Crippen MR) is 123 cm³/mol. The van der Waals surface area contributed by atoms with Crippen LogP contribution in [0.25, 0.3) is 22.3 Å². The zero-order valence-corrected chi connectivity index (χ0v) is 18.2. The fourth-order valence-corrected chi connectivity index (χ4v) is 4.39. The monoisotopic (exact) mass is 413 g/mol. The molecule has 1 aliphatic heterocycles. The minimum absolute atomic E-state index is 0.111. The smallest absolute Gasteiger partial charge is 0.255 e. The molecule has 4 aromatic rings. The van der Waals surface area contributed by atoms with Crippen molar-refractivity contribution in [2.75, 3.05) is 5.32 Å². The average Bonchev–Trinajstić information content (AvgIpc) is 3.19. The van der Waals surface area contributed by atoms with Crippen molar-refractivity contribution in [1.82, 2.24) is 19.7 Å². The summed E-state index contributed by atoms with van der Waals surface area (Å²) in [7, 11) is 0. The van der Waals surface area contributed by atoms with Crippen molar-refractivity contribution >= 4 is 22.5 Å². The van der Waals surface area contributed by atoms with Crippen LogP contribution >= 0.6 is 0 Å². The van der Waals surface area contributed by atoms with Gasteiger partial charge in [0.25, 0.3) is 5.91 Å². The minimum atomic E-state index is -0.111. The van der Waals surface area contributed by atoms with Gasteiger partial charge in [0.2, 0.25) is 0 Å². The van der Waals surface area contributed by atoms with Crippen molar-refractivity contribution in [2.45, 2.75) is 53.0 Å². The normalized spacial score (nSPS) is 13.8. The number of nitrogens with zero attached hydrogens (tertiary/aromatic N) is 3. The first-order chi connectivity index (χ1) is 15.0. The number of carbonyl (C=O) groups is 1. The van der Waals surface area contributed by atoms with Crippen molar-refractivity contribution in [3.63, 3.8) is 0 Å². The maximum Gasteiger partial charge on any atom is 0.255 e. The number of aryl methyl sites for hydroxylation is 4. The summed E-state index contributed by atoms with van der Waals surface area (Å²) in [5.41, 5.74) is 6.80. The second-order valence-corrected chi connectivity index (χ2v) is 8.52. The molecule has 0 aliphatic carbocycles. The maximum atomic E-state index is 13.0. The number of aromatic amines is 1. The molecule has 0 atom stereocenters. The number of hydrogen-bond donors (Lipinski definition) is 2. The molecule has 5 rings (SSSR count). The van der Waals surface area contributed by atoms with Crippen LogP contribution in [0.15, 0.2) is 36.4 Å². The number of anilines is 1. The van der Waals surface area contributed by atoms with Crippen molar-refractivity contribution in [3.05, 3.63) is 64.6 Å². The second-order valence-electron chi connectivity index (χ2n) is 8.52. The van der Waals surface area contributed by atoms with Crippen molar-refractivity contribution in [2.24, 2.45) is 0 Å². The highest BCUT2D eigenvalue weighted by Crippen LogP contribution is 2.28. The van der Waals surface area contributed by atoms with E-state index in [0.717, 1.165) is 70.9 Å². The van der Waals surface area contributed by atoms with E-state index in [1.165, 1.54) is 12.0 Å². The summed E-state index contributed by atoms with van der Waals surface area (Å²) in [6, 6.07) is 11.9. The Hall–Kier alpha value is -3.41. The van der Waals surface area contributed by atoms with E-state index in [-0.39, 0.29) is 5.91 Å². The van der Waals surface area contributed by atoms with Gasteiger partial charge in [-0.25, -0.2) is 0 Å². The first-order valence-electron chi connectivity index (χ1n) is 10.9. The molecule has 0 bridgehead atoms. The van der Waals surface area contributed by atoms with Crippen molar-refractivity contribution in [3.8, 4) is 11.4 Å². The van der Waals surface area contributed by atoms with Crippen LogP contribution in [0.3, 0.4) is 0 Å². The fourth-order valence-electron chi connectivity index (χ4n) is 4.39. The SMILES string of the molecule is Cc1ccc(-c2nnc3n2CCCCC3)cc1NC(=O)c1ccc2[nH]c(C)c(C)c2c1. The third-order valence-corrected chi connectivity index (χ3v) is 6.42. The predicted octanol–water partition coefficient (Wildman–Crippen LogP) is 5.33. The highest BCUT2D eigenvalue weighted by atomic mass is 16.1. The number of benzene rings is 2. The minimum Gasteiger partial charge on any atom is -0.358 e. The largest absolute Gasteiger partial charge is 0.358 e. The lowest BCUT2D eigenvalue weighted by Gasteiger charge is -2.12. The summed E-state index contributed by atoms with van der Waals surface area (Å²) in [5, 5.41) is 13.1. The van der Waals surface area contributed by atoms with Crippen LogP contribution in [0, 0.1) is 20.8 Å². The summed E-state index contributed by atoms with van der Waals surface area (Å²) in [4.78, 5) is 16.4. The van der Waals surface area contributed by atoms with E-state index in [0.29, 0.717) is 5.56 Å². The van der Waals surface area contributed by atoms with Crippen LogP contribution in [0.4, 0.5) is 5.69 Å². The van der Waals surface area contributed by atoms with Crippen LogP contribution < -0.4 is 5.32 Å². The van der Waals surface area contributed by atoms with Crippen LogP contribution in [0.2, 0.25) is 0 Å². The number of H-pyrrole nitrogens is 1. The Bertz CT molecular complexity index is 1300. The lowest BCUT2D eigenvalue weighted by atomic mass is 10.1. The molecule has 0 fully saturated rings. The third kappa shape index (κ3) is 3.52. The summed E-state index contributed by atoms with van der Waals surface area (Å²) in [6.45, 7) is 7.08. The summed E-state index contributed by atoms with van der Waals surface area (Å²) in [6.07, 6.45) is 4.51. The molecule has 0 radical (unpaired) electrons. The molecule has 1 aliphatic rings. The quantitative estimate of drug-likeness (QED) is 0.477. The molecule has 6 nitrogen and oxygen atoms in total. The van der Waals surface area contributed by atoms with Crippen LogP contribution in [0.5, 0.6) is 0 Å². The standard InChI is InChI=1S/C25H27N5O/c1-15-8-9-18(24-29-28-23-7-5-4-6-12-30(23)24)14-22(15)27-25(31)19-10-11-21-20(13-19)16(2)17(3)26-21/h8-11,13-14,26H,4-7,12H2,1-3H3,(H,27,31). The fraction of sp³-hybridized carbons (Fsp3) is 0.320. The lowest BCUT2D eigenvalue weighted by molar-refractivity contribution is 0.102. The Kier molecular flexibility index (Phi) is 4.85. The molecule has 6 heteroatoms. The van der Waals surface area contributed by atoms with Crippen LogP contribution in [-0.2, 0) is 13.0 Å². The Morgan fingerprint density at radius 3 is 2.77 bits per heavy atom. The van der Waals surface area contributed by atoms with E-state index in [4.69, 9.17) is 0 Å². The first kappa shape index (κ1) is 19.5. The number of aromatic nitrogens is 4. The van der Waals surface area contributed by atoms with Gasteiger partial charge in [0.1, 0.15) is 5.82 Å². The lowest BCUT2D eigenvalue weighted by Crippen LogP contribution is -2.13. The van der Waals surface area contributed by atoms with E-state index in [1.807, 2.05) is 37.3 Å². The van der Waals surface area contributed by atoms with Crippen molar-refractivity contribution < 1.29 is 4.79 Å². The highest BCUT2D eigenvalue weighted by molar-refractivity contribution is 6.07. The molecule has 2 aromatic carbocycles. The molecular formula is C25H27N5O. The van der Waals surface area contributed by atoms with Gasteiger partial charge in [-0.05, 0) is 69.0 Å². The third-order valence-electron chi connectivity index (χ3n) is 6.42. The highest BCUT2D eigenvalue weighted by Gasteiger charge is 2.17. The van der Waals surface area contributed by atoms with Crippen LogP contribution in [0.1, 0.15) is 52.3 Å². The molecule has 3 heterocycles. The second kappa shape index (κ2) is 7.69. The van der Waals surface area contributed by atoms with E-state index < -0.39 is 0 Å². The molecule has 2 N–H and O–H groups in total. The Morgan fingerprint density at radius 1 is 1.03 bits per heavy atom. The number of fused-ring (bicyclic) bond motifs is 2. The Morgan fingerprint density at radius 2 is 1.90 bits per heavy atom.